The van der Waals surface area contributed by atoms with E-state index in [1.165, 1.54) is 23.1 Å². The second-order valence-corrected chi connectivity index (χ2v) is 8.99. The molecule has 0 spiro atoms. The lowest BCUT2D eigenvalue weighted by molar-refractivity contribution is 0.0773. The standard InChI is InChI=1S/C23H23ClN2O4S/c1-26(14-15-30-20-10-6-3-7-11-20)23(27)19-12-13-21(24)22(16-19)31(28,29)25-17-18-8-4-2-5-9-18/h2-13,16,25H,14-15,17H2,1H3. The van der Waals surface area contributed by atoms with E-state index in [1.54, 1.807) is 7.05 Å². The van der Waals surface area contributed by atoms with Crippen LogP contribution in [0.15, 0.2) is 83.8 Å². The van der Waals surface area contributed by atoms with Crippen LogP contribution in [0.4, 0.5) is 0 Å². The summed E-state index contributed by atoms with van der Waals surface area (Å²) in [4.78, 5) is 14.1. The third kappa shape index (κ3) is 6.30. The number of carbonyl (C=O) groups is 1. The van der Waals surface area contributed by atoms with Crippen molar-refractivity contribution < 1.29 is 17.9 Å². The molecule has 0 saturated heterocycles. The smallest absolute Gasteiger partial charge is 0.253 e. The number of halogens is 1. The number of amides is 1. The van der Waals surface area contributed by atoms with Crippen LogP contribution in [-0.4, -0.2) is 39.4 Å². The average molecular weight is 459 g/mol. The van der Waals surface area contributed by atoms with Crippen LogP contribution in [-0.2, 0) is 16.6 Å². The zero-order valence-electron chi connectivity index (χ0n) is 17.0. The molecule has 0 aliphatic heterocycles. The average Bonchev–Trinajstić information content (AvgIpc) is 2.79. The topological polar surface area (TPSA) is 75.7 Å². The van der Waals surface area contributed by atoms with Crippen molar-refractivity contribution in [2.75, 3.05) is 20.2 Å². The zero-order chi connectivity index (χ0) is 22.3. The van der Waals surface area contributed by atoms with E-state index in [4.69, 9.17) is 16.3 Å². The van der Waals surface area contributed by atoms with E-state index in [9.17, 15) is 13.2 Å². The van der Waals surface area contributed by atoms with Crippen LogP contribution in [0.5, 0.6) is 5.75 Å². The van der Waals surface area contributed by atoms with Crippen molar-refractivity contribution in [2.24, 2.45) is 0 Å². The summed E-state index contributed by atoms with van der Waals surface area (Å²) in [6, 6.07) is 22.7. The SMILES string of the molecule is CN(CCOc1ccccc1)C(=O)c1ccc(Cl)c(S(=O)(=O)NCc2ccccc2)c1. The van der Waals surface area contributed by atoms with Gasteiger partial charge in [0.1, 0.15) is 17.3 Å². The number of hydrogen-bond acceptors (Lipinski definition) is 4. The molecule has 0 radical (unpaired) electrons. The second kappa shape index (κ2) is 10.4. The van der Waals surface area contributed by atoms with Crippen LogP contribution in [0.1, 0.15) is 15.9 Å². The molecule has 3 aromatic carbocycles. The molecule has 1 N–H and O–H groups in total. The number of sulfonamides is 1. The van der Waals surface area contributed by atoms with Crippen LogP contribution < -0.4 is 9.46 Å². The molecular formula is C23H23ClN2O4S. The maximum Gasteiger partial charge on any atom is 0.253 e. The van der Waals surface area contributed by atoms with Crippen molar-refractivity contribution in [1.29, 1.82) is 0 Å². The Morgan fingerprint density at radius 3 is 2.32 bits per heavy atom. The van der Waals surface area contributed by atoms with Crippen LogP contribution in [0.25, 0.3) is 0 Å². The number of para-hydroxylation sites is 1. The Kier molecular flexibility index (Phi) is 7.68. The molecule has 0 atom stereocenters. The largest absolute Gasteiger partial charge is 0.492 e. The van der Waals surface area contributed by atoms with Crippen molar-refractivity contribution in [2.45, 2.75) is 11.4 Å². The summed E-state index contributed by atoms with van der Waals surface area (Å²) < 4.78 is 33.7. The summed E-state index contributed by atoms with van der Waals surface area (Å²) >= 11 is 6.13. The number of carbonyl (C=O) groups excluding carboxylic acids is 1. The number of ether oxygens (including phenoxy) is 1. The monoisotopic (exact) mass is 458 g/mol. The molecule has 3 aromatic rings. The van der Waals surface area contributed by atoms with Crippen molar-refractivity contribution in [1.82, 2.24) is 9.62 Å². The fraction of sp³-hybridized carbons (Fsp3) is 0.174. The quantitative estimate of drug-likeness (QED) is 0.526. The summed E-state index contributed by atoms with van der Waals surface area (Å²) in [7, 11) is -2.27. The fourth-order valence-electron chi connectivity index (χ4n) is 2.83. The number of likely N-dealkylation sites (N-methyl/N-ethyl adjacent to an activating group) is 1. The number of hydrogen-bond donors (Lipinski definition) is 1. The minimum atomic E-state index is -3.90. The highest BCUT2D eigenvalue weighted by Crippen LogP contribution is 2.23. The fourth-order valence-corrected chi connectivity index (χ4v) is 4.37. The van der Waals surface area contributed by atoms with Crippen molar-refractivity contribution in [3.8, 4) is 5.75 Å². The Morgan fingerprint density at radius 2 is 1.65 bits per heavy atom. The third-order valence-electron chi connectivity index (χ3n) is 4.56. The van der Waals surface area contributed by atoms with Crippen LogP contribution >= 0.6 is 11.6 Å². The zero-order valence-corrected chi connectivity index (χ0v) is 18.6. The van der Waals surface area contributed by atoms with Gasteiger partial charge in [-0.1, -0.05) is 60.1 Å². The molecule has 0 aliphatic rings. The maximum atomic E-state index is 12.8. The van der Waals surface area contributed by atoms with E-state index in [0.717, 1.165) is 5.56 Å². The molecule has 0 heterocycles. The predicted molar refractivity (Wildman–Crippen MR) is 121 cm³/mol. The van der Waals surface area contributed by atoms with Gasteiger partial charge < -0.3 is 9.64 Å². The summed E-state index contributed by atoms with van der Waals surface area (Å²) in [6.07, 6.45) is 0. The highest BCUT2D eigenvalue weighted by molar-refractivity contribution is 7.89. The molecule has 3 rings (SSSR count). The summed E-state index contributed by atoms with van der Waals surface area (Å²) in [5.74, 6) is 0.389. The number of rotatable bonds is 9. The molecule has 162 valence electrons. The van der Waals surface area contributed by atoms with Gasteiger partial charge in [-0.15, -0.1) is 0 Å². The van der Waals surface area contributed by atoms with Gasteiger partial charge in [-0.05, 0) is 35.9 Å². The minimum Gasteiger partial charge on any atom is -0.492 e. The normalized spacial score (nSPS) is 11.2. The molecule has 0 bridgehead atoms. The van der Waals surface area contributed by atoms with Gasteiger partial charge in [-0.3, -0.25) is 4.79 Å². The predicted octanol–water partition coefficient (Wildman–Crippen LogP) is 3.97. The molecule has 1 amide bonds. The van der Waals surface area contributed by atoms with Gasteiger partial charge in [0.25, 0.3) is 5.91 Å². The van der Waals surface area contributed by atoms with E-state index in [-0.39, 0.29) is 27.9 Å². The highest BCUT2D eigenvalue weighted by Gasteiger charge is 2.21. The molecule has 0 fully saturated rings. The number of benzene rings is 3. The van der Waals surface area contributed by atoms with Crippen LogP contribution in [0.3, 0.4) is 0 Å². The molecule has 8 heteroatoms. The highest BCUT2D eigenvalue weighted by atomic mass is 35.5. The van der Waals surface area contributed by atoms with Crippen molar-refractivity contribution in [3.63, 3.8) is 0 Å². The van der Waals surface area contributed by atoms with Crippen molar-refractivity contribution in [3.05, 3.63) is 95.0 Å². The Labute approximate surface area is 187 Å². The third-order valence-corrected chi connectivity index (χ3v) is 6.44. The molecule has 0 unspecified atom stereocenters. The van der Waals surface area contributed by atoms with E-state index in [2.05, 4.69) is 4.72 Å². The number of nitrogens with one attached hydrogen (secondary N) is 1. The Morgan fingerprint density at radius 1 is 1.00 bits per heavy atom. The van der Waals surface area contributed by atoms with E-state index in [1.807, 2.05) is 60.7 Å². The van der Waals surface area contributed by atoms with Gasteiger partial charge in [-0.2, -0.15) is 0 Å². The van der Waals surface area contributed by atoms with Crippen LogP contribution in [0, 0.1) is 0 Å². The molecule has 0 aromatic heterocycles. The summed E-state index contributed by atoms with van der Waals surface area (Å²) in [6.45, 7) is 0.767. The molecule has 31 heavy (non-hydrogen) atoms. The van der Waals surface area contributed by atoms with Gasteiger partial charge in [0.15, 0.2) is 0 Å². The van der Waals surface area contributed by atoms with E-state index < -0.39 is 10.0 Å². The lowest BCUT2D eigenvalue weighted by Crippen LogP contribution is -2.31. The van der Waals surface area contributed by atoms with E-state index in [0.29, 0.717) is 18.9 Å². The van der Waals surface area contributed by atoms with Gasteiger partial charge in [0.2, 0.25) is 10.0 Å². The first kappa shape index (κ1) is 22.8. The summed E-state index contributed by atoms with van der Waals surface area (Å²) in [5.41, 5.74) is 1.04. The first-order chi connectivity index (χ1) is 14.9. The first-order valence-corrected chi connectivity index (χ1v) is 11.5. The Balaban J connectivity index is 1.66. The Bertz CT molecular complexity index is 1120. The van der Waals surface area contributed by atoms with Gasteiger partial charge in [-0.25, -0.2) is 13.1 Å². The van der Waals surface area contributed by atoms with Crippen molar-refractivity contribution >= 4 is 27.5 Å². The van der Waals surface area contributed by atoms with Gasteiger partial charge >= 0.3 is 0 Å². The molecule has 0 aliphatic carbocycles. The Hall–Kier alpha value is -2.87. The first-order valence-electron chi connectivity index (χ1n) is 9.63. The second-order valence-electron chi connectivity index (χ2n) is 6.84. The molecule has 6 nitrogen and oxygen atoms in total. The van der Waals surface area contributed by atoms with Crippen LogP contribution in [0.2, 0.25) is 5.02 Å². The van der Waals surface area contributed by atoms with E-state index >= 15 is 0 Å². The molecule has 0 saturated carbocycles. The number of nitrogens with zero attached hydrogens (tertiary/aromatic N) is 1. The van der Waals surface area contributed by atoms with Gasteiger partial charge in [0.05, 0.1) is 11.6 Å². The lowest BCUT2D eigenvalue weighted by atomic mass is 10.2. The maximum absolute atomic E-state index is 12.8. The summed E-state index contributed by atoms with van der Waals surface area (Å²) in [5, 5.41) is 0.0483. The van der Waals surface area contributed by atoms with Gasteiger partial charge in [0, 0.05) is 19.2 Å². The minimum absolute atomic E-state index is 0.0483. The lowest BCUT2D eigenvalue weighted by Gasteiger charge is -2.18. The molecular weight excluding hydrogens is 436 g/mol.